The van der Waals surface area contributed by atoms with Gasteiger partial charge in [-0.25, -0.2) is 0 Å². The minimum atomic E-state index is 0.855. The van der Waals surface area contributed by atoms with Crippen LogP contribution in [0.2, 0.25) is 0 Å². The second-order valence-electron chi connectivity index (χ2n) is 3.52. The maximum atomic E-state index is 5.13. The minimum absolute atomic E-state index is 0.855. The van der Waals surface area contributed by atoms with Crippen molar-refractivity contribution >= 4 is 0 Å². The molecule has 0 aliphatic heterocycles. The van der Waals surface area contributed by atoms with Crippen molar-refractivity contribution in [3.05, 3.63) is 0 Å². The van der Waals surface area contributed by atoms with Crippen molar-refractivity contribution in [2.24, 2.45) is 0 Å². The van der Waals surface area contributed by atoms with E-state index >= 15 is 0 Å². The molecule has 16 heavy (non-hydrogen) atoms. The average Bonchev–Trinajstić information content (AvgIpc) is 2.29. The summed E-state index contributed by atoms with van der Waals surface area (Å²) in [6.45, 7) is 16.2. The summed E-state index contributed by atoms with van der Waals surface area (Å²) in [7, 11) is 0. The number of hydrogen-bond acceptors (Lipinski definition) is 2. The van der Waals surface area contributed by atoms with E-state index in [1.54, 1.807) is 0 Å². The molecule has 0 heterocycles. The zero-order chi connectivity index (χ0) is 13.1. The topological polar surface area (TPSA) is 18.5 Å². The normalized spacial score (nSPS) is 8.62. The van der Waals surface area contributed by atoms with Crippen molar-refractivity contribution in [3.8, 4) is 0 Å². The summed E-state index contributed by atoms with van der Waals surface area (Å²) in [6.07, 6.45) is 4.66. The Bertz CT molecular complexity index is 67.1. The second kappa shape index (κ2) is 29.4. The van der Waals surface area contributed by atoms with E-state index < -0.39 is 0 Å². The zero-order valence-corrected chi connectivity index (χ0v) is 12.5. The van der Waals surface area contributed by atoms with Crippen LogP contribution in [0.15, 0.2) is 0 Å². The smallest absolute Gasteiger partial charge is 0.0463 e. The molecule has 0 atom stereocenters. The highest BCUT2D eigenvalue weighted by Gasteiger charge is 1.77. The lowest BCUT2D eigenvalue weighted by Gasteiger charge is -1.95. The molecular weight excluding hydrogens is 200 g/mol. The van der Waals surface area contributed by atoms with Crippen molar-refractivity contribution in [3.63, 3.8) is 0 Å². The summed E-state index contributed by atoms with van der Waals surface area (Å²) in [6, 6.07) is 0. The molecule has 0 aliphatic rings. The predicted octanol–water partition coefficient (Wildman–Crippen LogP) is 4.67. The highest BCUT2D eigenvalue weighted by atomic mass is 16.5. The van der Waals surface area contributed by atoms with E-state index in [2.05, 4.69) is 34.6 Å². The Labute approximate surface area is 104 Å². The van der Waals surface area contributed by atoms with Gasteiger partial charge < -0.3 is 9.47 Å². The lowest BCUT2D eigenvalue weighted by Crippen LogP contribution is -1.92. The van der Waals surface area contributed by atoms with Gasteiger partial charge >= 0.3 is 0 Å². The SMILES string of the molecule is CCC.CCCOCC.CCCOCCC. The Balaban J connectivity index is -0.000000172. The van der Waals surface area contributed by atoms with Crippen LogP contribution in [0.4, 0.5) is 0 Å². The molecule has 0 aliphatic carbocycles. The molecule has 0 amide bonds. The molecular formula is C14H34O2. The quantitative estimate of drug-likeness (QED) is 0.596. The van der Waals surface area contributed by atoms with Gasteiger partial charge in [-0.2, -0.15) is 0 Å². The standard InChI is InChI=1S/C6H14O.C5H12O.C3H8/c1-3-5-7-6-4-2;1-3-5-6-4-2;1-3-2/h3-6H2,1-2H3;3-5H2,1-2H3;3H2,1-2H3. The Morgan fingerprint density at radius 1 is 0.562 bits per heavy atom. The van der Waals surface area contributed by atoms with Crippen molar-refractivity contribution in [2.75, 3.05) is 26.4 Å². The minimum Gasteiger partial charge on any atom is -0.382 e. The molecule has 0 aromatic rings. The van der Waals surface area contributed by atoms with Crippen LogP contribution in [0.5, 0.6) is 0 Å². The van der Waals surface area contributed by atoms with Crippen LogP contribution < -0.4 is 0 Å². The highest BCUT2D eigenvalue weighted by molar-refractivity contribution is 4.25. The first-order chi connectivity index (χ1) is 7.74. The van der Waals surface area contributed by atoms with Crippen LogP contribution in [0.3, 0.4) is 0 Å². The largest absolute Gasteiger partial charge is 0.382 e. The van der Waals surface area contributed by atoms with E-state index in [1.807, 2.05) is 6.92 Å². The molecule has 0 bridgehead atoms. The highest BCUT2D eigenvalue weighted by Crippen LogP contribution is 1.81. The van der Waals surface area contributed by atoms with E-state index in [9.17, 15) is 0 Å². The first-order valence-corrected chi connectivity index (χ1v) is 6.90. The molecule has 0 saturated carbocycles. The van der Waals surface area contributed by atoms with Gasteiger partial charge in [0.1, 0.15) is 0 Å². The fourth-order valence-corrected chi connectivity index (χ4v) is 0.679. The Morgan fingerprint density at radius 3 is 1.06 bits per heavy atom. The third-order valence-corrected chi connectivity index (χ3v) is 1.25. The van der Waals surface area contributed by atoms with Gasteiger partial charge in [-0.15, -0.1) is 0 Å². The predicted molar refractivity (Wildman–Crippen MR) is 74.2 cm³/mol. The van der Waals surface area contributed by atoms with Crippen molar-refractivity contribution in [1.82, 2.24) is 0 Å². The average molecular weight is 234 g/mol. The van der Waals surface area contributed by atoms with Gasteiger partial charge in [0.2, 0.25) is 0 Å². The van der Waals surface area contributed by atoms with E-state index in [0.29, 0.717) is 0 Å². The molecule has 0 saturated heterocycles. The van der Waals surface area contributed by atoms with Gasteiger partial charge in [0.15, 0.2) is 0 Å². The number of ether oxygens (including phenoxy) is 2. The lowest BCUT2D eigenvalue weighted by atomic mass is 10.5. The molecule has 0 spiro atoms. The van der Waals surface area contributed by atoms with Gasteiger partial charge in [0.05, 0.1) is 0 Å². The summed E-state index contributed by atoms with van der Waals surface area (Å²) in [5.74, 6) is 0. The van der Waals surface area contributed by atoms with Crippen molar-refractivity contribution < 1.29 is 9.47 Å². The van der Waals surface area contributed by atoms with Gasteiger partial charge in [-0.05, 0) is 26.2 Å². The maximum absolute atomic E-state index is 5.13. The molecule has 0 N–H and O–H groups in total. The monoisotopic (exact) mass is 234 g/mol. The second-order valence-corrected chi connectivity index (χ2v) is 3.52. The van der Waals surface area contributed by atoms with E-state index in [1.165, 1.54) is 6.42 Å². The van der Waals surface area contributed by atoms with Crippen LogP contribution >= 0.6 is 0 Å². The molecule has 0 radical (unpaired) electrons. The Morgan fingerprint density at radius 2 is 0.875 bits per heavy atom. The van der Waals surface area contributed by atoms with Gasteiger partial charge in [-0.3, -0.25) is 0 Å². The third kappa shape index (κ3) is 48.5. The zero-order valence-electron chi connectivity index (χ0n) is 12.5. The summed E-state index contributed by atoms with van der Waals surface area (Å²) in [5.41, 5.74) is 0. The van der Waals surface area contributed by atoms with E-state index in [4.69, 9.17) is 9.47 Å². The van der Waals surface area contributed by atoms with Crippen molar-refractivity contribution in [2.45, 2.75) is 67.2 Å². The van der Waals surface area contributed by atoms with Gasteiger partial charge in [0, 0.05) is 26.4 Å². The van der Waals surface area contributed by atoms with Crippen LogP contribution in [0.1, 0.15) is 67.2 Å². The molecule has 0 aromatic heterocycles. The Hall–Kier alpha value is -0.0800. The number of rotatable bonds is 7. The molecule has 102 valence electrons. The third-order valence-electron chi connectivity index (χ3n) is 1.25. The lowest BCUT2D eigenvalue weighted by molar-refractivity contribution is 0.135. The molecule has 0 aromatic carbocycles. The molecule has 2 nitrogen and oxygen atoms in total. The summed E-state index contributed by atoms with van der Waals surface area (Å²) in [4.78, 5) is 0. The van der Waals surface area contributed by atoms with Crippen molar-refractivity contribution in [1.29, 1.82) is 0 Å². The van der Waals surface area contributed by atoms with Gasteiger partial charge in [-0.1, -0.05) is 41.0 Å². The van der Waals surface area contributed by atoms with Crippen LogP contribution in [0.25, 0.3) is 0 Å². The summed E-state index contributed by atoms with van der Waals surface area (Å²) < 4.78 is 10.1. The maximum Gasteiger partial charge on any atom is 0.0463 e. The molecule has 0 unspecified atom stereocenters. The van der Waals surface area contributed by atoms with Crippen LogP contribution in [0, 0.1) is 0 Å². The fourth-order valence-electron chi connectivity index (χ4n) is 0.679. The van der Waals surface area contributed by atoms with Crippen LogP contribution in [-0.2, 0) is 9.47 Å². The van der Waals surface area contributed by atoms with E-state index in [0.717, 1.165) is 45.7 Å². The summed E-state index contributed by atoms with van der Waals surface area (Å²) in [5, 5.41) is 0. The van der Waals surface area contributed by atoms with Crippen LogP contribution in [-0.4, -0.2) is 26.4 Å². The molecule has 0 fully saturated rings. The van der Waals surface area contributed by atoms with Gasteiger partial charge in [0.25, 0.3) is 0 Å². The Kier molecular flexibility index (Phi) is 39.0. The number of hydrogen-bond donors (Lipinski definition) is 0. The summed E-state index contributed by atoms with van der Waals surface area (Å²) >= 11 is 0. The first kappa shape index (κ1) is 21.2. The fraction of sp³-hybridized carbons (Fsp3) is 1.00. The first-order valence-electron chi connectivity index (χ1n) is 6.90. The molecule has 0 rings (SSSR count). The van der Waals surface area contributed by atoms with E-state index in [-0.39, 0.29) is 0 Å². The molecule has 2 heteroatoms.